The highest BCUT2D eigenvalue weighted by Crippen LogP contribution is 2.57. The molecule has 4 heteroatoms. The molecule has 19 heavy (non-hydrogen) atoms. The Balaban J connectivity index is 1.85. The van der Waals surface area contributed by atoms with Crippen molar-refractivity contribution in [2.75, 3.05) is 0 Å². The lowest BCUT2D eigenvalue weighted by molar-refractivity contribution is -0.154. The summed E-state index contributed by atoms with van der Waals surface area (Å²) in [6, 6.07) is 0. The number of aryl methyl sites for hydroxylation is 1. The fourth-order valence-electron chi connectivity index (χ4n) is 3.34. The molecule has 3 atom stereocenters. The average Bonchev–Trinajstić information content (AvgIpc) is 2.91. The summed E-state index contributed by atoms with van der Waals surface area (Å²) in [5.74, 6) is 0.694. The van der Waals surface area contributed by atoms with Crippen LogP contribution in [0.1, 0.15) is 42.8 Å². The van der Waals surface area contributed by atoms with E-state index in [0.717, 1.165) is 36.1 Å². The van der Waals surface area contributed by atoms with Crippen molar-refractivity contribution in [3.8, 4) is 0 Å². The van der Waals surface area contributed by atoms with Crippen molar-refractivity contribution < 1.29 is 18.7 Å². The number of fused-ring (bicyclic) bond motifs is 2. The van der Waals surface area contributed by atoms with Crippen molar-refractivity contribution in [1.82, 2.24) is 0 Å². The maximum absolute atomic E-state index is 12.1. The molecule has 1 aromatic heterocycles. The molecule has 4 rings (SSSR count). The van der Waals surface area contributed by atoms with Crippen molar-refractivity contribution in [2.24, 2.45) is 0 Å². The average molecular weight is 260 g/mol. The Bertz CT molecular complexity index is 597. The van der Waals surface area contributed by atoms with Gasteiger partial charge in [0.2, 0.25) is 0 Å². The van der Waals surface area contributed by atoms with E-state index >= 15 is 0 Å². The lowest BCUT2D eigenvalue weighted by Gasteiger charge is -2.13. The van der Waals surface area contributed by atoms with Gasteiger partial charge < -0.3 is 13.9 Å². The quantitative estimate of drug-likeness (QED) is 0.409. The lowest BCUT2D eigenvalue weighted by Crippen LogP contribution is -2.22. The largest absolute Gasteiger partial charge is 0.468 e. The topological polar surface area (TPSA) is 52.0 Å². The SMILES string of the molecule is C/C1=C/CCC23OC2C(OC3=O)c2c(C)coc2C1. The number of esters is 1. The molecule has 0 N–H and O–H groups in total. The molecule has 3 aliphatic rings. The van der Waals surface area contributed by atoms with Crippen LogP contribution < -0.4 is 0 Å². The molecule has 3 heterocycles. The molecule has 3 unspecified atom stereocenters. The summed E-state index contributed by atoms with van der Waals surface area (Å²) in [6.45, 7) is 4.08. The van der Waals surface area contributed by atoms with E-state index in [9.17, 15) is 4.79 Å². The van der Waals surface area contributed by atoms with Crippen molar-refractivity contribution in [3.63, 3.8) is 0 Å². The molecule has 4 nitrogen and oxygen atoms in total. The Labute approximate surface area is 111 Å². The van der Waals surface area contributed by atoms with Gasteiger partial charge in [-0.15, -0.1) is 0 Å². The molecule has 0 saturated carbocycles. The third-order valence-corrected chi connectivity index (χ3v) is 4.43. The van der Waals surface area contributed by atoms with Crippen LogP contribution in [0.5, 0.6) is 0 Å². The molecule has 0 spiro atoms. The monoisotopic (exact) mass is 260 g/mol. The van der Waals surface area contributed by atoms with E-state index in [-0.39, 0.29) is 18.2 Å². The highest BCUT2D eigenvalue weighted by Gasteiger charge is 2.73. The zero-order chi connectivity index (χ0) is 13.2. The highest BCUT2D eigenvalue weighted by atomic mass is 16.7. The third-order valence-electron chi connectivity index (χ3n) is 4.43. The van der Waals surface area contributed by atoms with Gasteiger partial charge in [0.1, 0.15) is 11.9 Å². The van der Waals surface area contributed by atoms with Crippen LogP contribution in [-0.2, 0) is 20.7 Å². The molecule has 2 bridgehead atoms. The molecule has 0 aromatic carbocycles. The number of hydrogen-bond donors (Lipinski definition) is 0. The lowest BCUT2D eigenvalue weighted by atomic mass is 9.91. The predicted molar refractivity (Wildman–Crippen MR) is 66.6 cm³/mol. The van der Waals surface area contributed by atoms with Crippen molar-refractivity contribution >= 4 is 5.97 Å². The first-order valence-electron chi connectivity index (χ1n) is 6.73. The van der Waals surface area contributed by atoms with E-state index in [4.69, 9.17) is 13.9 Å². The molecule has 1 aliphatic carbocycles. The van der Waals surface area contributed by atoms with Crippen LogP contribution in [0.15, 0.2) is 22.3 Å². The van der Waals surface area contributed by atoms with Gasteiger partial charge >= 0.3 is 5.97 Å². The van der Waals surface area contributed by atoms with Gasteiger partial charge in [0, 0.05) is 12.0 Å². The summed E-state index contributed by atoms with van der Waals surface area (Å²) < 4.78 is 16.9. The Morgan fingerprint density at radius 1 is 1.37 bits per heavy atom. The molecule has 0 amide bonds. The molecule has 100 valence electrons. The summed E-state index contributed by atoms with van der Waals surface area (Å²) in [5.41, 5.74) is 2.62. The minimum atomic E-state index is -0.681. The normalized spacial score (nSPS) is 38.8. The van der Waals surface area contributed by atoms with Gasteiger partial charge in [0.05, 0.1) is 6.26 Å². The predicted octanol–water partition coefficient (Wildman–Crippen LogP) is 2.61. The molecule has 1 aromatic rings. The Hall–Kier alpha value is -1.55. The molecule has 2 saturated heterocycles. The van der Waals surface area contributed by atoms with E-state index in [1.807, 2.05) is 6.92 Å². The van der Waals surface area contributed by atoms with Crippen LogP contribution in [0.2, 0.25) is 0 Å². The van der Waals surface area contributed by atoms with E-state index in [1.54, 1.807) is 6.26 Å². The van der Waals surface area contributed by atoms with Gasteiger partial charge in [-0.05, 0) is 32.3 Å². The first-order valence-corrected chi connectivity index (χ1v) is 6.73. The number of carbonyl (C=O) groups excluding carboxylic acids is 1. The van der Waals surface area contributed by atoms with Gasteiger partial charge in [-0.3, -0.25) is 0 Å². The Morgan fingerprint density at radius 3 is 3.00 bits per heavy atom. The molecule has 0 radical (unpaired) electrons. The fourth-order valence-corrected chi connectivity index (χ4v) is 3.34. The van der Waals surface area contributed by atoms with Gasteiger partial charge in [-0.1, -0.05) is 11.6 Å². The second kappa shape index (κ2) is 3.51. The van der Waals surface area contributed by atoms with Crippen LogP contribution in [-0.4, -0.2) is 17.7 Å². The van der Waals surface area contributed by atoms with E-state index in [0.29, 0.717) is 0 Å². The van der Waals surface area contributed by atoms with E-state index in [2.05, 4.69) is 13.0 Å². The molecule has 2 aliphatic heterocycles. The third kappa shape index (κ3) is 1.40. The second-order valence-electron chi connectivity index (χ2n) is 5.78. The van der Waals surface area contributed by atoms with Crippen molar-refractivity contribution in [2.45, 2.75) is 50.9 Å². The van der Waals surface area contributed by atoms with Crippen LogP contribution in [0.25, 0.3) is 0 Å². The minimum absolute atomic E-state index is 0.123. The Morgan fingerprint density at radius 2 is 2.21 bits per heavy atom. The molecule has 2 fully saturated rings. The summed E-state index contributed by atoms with van der Waals surface area (Å²) in [4.78, 5) is 12.1. The highest BCUT2D eigenvalue weighted by molar-refractivity contribution is 5.87. The van der Waals surface area contributed by atoms with E-state index in [1.165, 1.54) is 5.57 Å². The number of furan rings is 1. The molecular weight excluding hydrogens is 244 g/mol. The van der Waals surface area contributed by atoms with Crippen molar-refractivity contribution in [3.05, 3.63) is 34.8 Å². The zero-order valence-corrected chi connectivity index (χ0v) is 11.1. The molecular formula is C15H16O4. The van der Waals surface area contributed by atoms with Crippen LogP contribution >= 0.6 is 0 Å². The summed E-state index contributed by atoms with van der Waals surface area (Å²) in [6.07, 6.45) is 5.84. The Kier molecular flexibility index (Phi) is 2.09. The van der Waals surface area contributed by atoms with Gasteiger partial charge in [-0.25, -0.2) is 4.79 Å². The zero-order valence-electron chi connectivity index (χ0n) is 11.1. The maximum Gasteiger partial charge on any atom is 0.342 e. The fraction of sp³-hybridized carbons (Fsp3) is 0.533. The summed E-state index contributed by atoms with van der Waals surface area (Å²) in [7, 11) is 0. The van der Waals surface area contributed by atoms with Gasteiger partial charge in [0.15, 0.2) is 11.7 Å². The van der Waals surface area contributed by atoms with E-state index < -0.39 is 5.60 Å². The number of rotatable bonds is 0. The number of epoxide rings is 1. The van der Waals surface area contributed by atoms with Crippen LogP contribution in [0.4, 0.5) is 0 Å². The second-order valence-corrected chi connectivity index (χ2v) is 5.78. The van der Waals surface area contributed by atoms with Crippen LogP contribution in [0, 0.1) is 6.92 Å². The van der Waals surface area contributed by atoms with Crippen LogP contribution in [0.3, 0.4) is 0 Å². The number of hydrogen-bond acceptors (Lipinski definition) is 4. The number of ether oxygens (including phenoxy) is 2. The summed E-state index contributed by atoms with van der Waals surface area (Å²) in [5, 5.41) is 0. The maximum atomic E-state index is 12.1. The van der Waals surface area contributed by atoms with Gasteiger partial charge in [0.25, 0.3) is 0 Å². The first kappa shape index (κ1) is 11.3. The smallest absolute Gasteiger partial charge is 0.342 e. The number of allylic oxidation sites excluding steroid dienone is 2. The van der Waals surface area contributed by atoms with Crippen molar-refractivity contribution in [1.29, 1.82) is 0 Å². The van der Waals surface area contributed by atoms with Gasteiger partial charge in [-0.2, -0.15) is 0 Å². The standard InChI is InChI=1S/C15H16O4/c1-8-4-3-5-15-13(19-15)12(18-14(15)16)11-9(2)7-17-10(11)6-8/h4,7,12-13H,3,5-6H2,1-2H3/b8-4-. The summed E-state index contributed by atoms with van der Waals surface area (Å²) >= 11 is 0. The first-order chi connectivity index (χ1) is 9.12. The minimum Gasteiger partial charge on any atom is -0.468 e. The number of carbonyl (C=O) groups is 1.